The molecule has 0 aliphatic carbocycles. The van der Waals surface area contributed by atoms with Crippen LogP contribution in [0.2, 0.25) is 0 Å². The van der Waals surface area contributed by atoms with Crippen LogP contribution >= 0.6 is 0 Å². The summed E-state index contributed by atoms with van der Waals surface area (Å²) in [7, 11) is 0. The summed E-state index contributed by atoms with van der Waals surface area (Å²) in [5, 5.41) is 3.76. The molecule has 3 nitrogen and oxygen atoms in total. The molecule has 0 saturated carbocycles. The van der Waals surface area contributed by atoms with E-state index in [0.717, 1.165) is 10.7 Å². The van der Waals surface area contributed by atoms with E-state index in [9.17, 15) is 13.2 Å². The number of alkyl halides is 3. The Morgan fingerprint density at radius 1 is 1.50 bits per heavy atom. The van der Waals surface area contributed by atoms with Gasteiger partial charge in [0.05, 0.1) is 5.69 Å². The van der Waals surface area contributed by atoms with Crippen molar-refractivity contribution in [3.8, 4) is 0 Å². The molecule has 80 valence electrons. The first-order valence-electron chi connectivity index (χ1n) is 4.27. The molecule has 0 saturated heterocycles. The summed E-state index contributed by atoms with van der Waals surface area (Å²) in [6.07, 6.45) is -3.85. The molecule has 0 atom stereocenters. The summed E-state index contributed by atoms with van der Waals surface area (Å²) in [5.41, 5.74) is 4.88. The lowest BCUT2D eigenvalue weighted by Gasteiger charge is -2.09. The van der Waals surface area contributed by atoms with Gasteiger partial charge in [-0.2, -0.15) is 18.3 Å². The van der Waals surface area contributed by atoms with Crippen LogP contribution in [0.4, 0.5) is 13.2 Å². The molecule has 0 unspecified atom stereocenters. The van der Waals surface area contributed by atoms with Crippen LogP contribution in [-0.2, 0) is 12.7 Å². The summed E-state index contributed by atoms with van der Waals surface area (Å²) in [4.78, 5) is 0. The van der Waals surface area contributed by atoms with Gasteiger partial charge in [-0.25, -0.2) is 0 Å². The van der Waals surface area contributed by atoms with E-state index in [1.54, 1.807) is 0 Å². The summed E-state index contributed by atoms with van der Waals surface area (Å²) in [6.45, 7) is 2.10. The van der Waals surface area contributed by atoms with E-state index < -0.39 is 11.9 Å². The van der Waals surface area contributed by atoms with Crippen molar-refractivity contribution in [2.45, 2.75) is 26.1 Å². The van der Waals surface area contributed by atoms with Crippen molar-refractivity contribution in [2.75, 3.05) is 6.54 Å². The number of nitrogens with two attached hydrogens (primary N) is 1. The maximum Gasteiger partial charge on any atom is 0.433 e. The van der Waals surface area contributed by atoms with E-state index in [0.29, 0.717) is 18.7 Å². The van der Waals surface area contributed by atoms with Crippen molar-refractivity contribution in [1.29, 1.82) is 0 Å². The molecule has 1 aromatic heterocycles. The van der Waals surface area contributed by atoms with Gasteiger partial charge in [0.15, 0.2) is 0 Å². The number of rotatable bonds is 3. The lowest BCUT2D eigenvalue weighted by Crippen LogP contribution is -2.16. The first-order chi connectivity index (χ1) is 6.45. The molecule has 0 aliphatic rings. The molecule has 1 aromatic rings. The minimum absolute atomic E-state index is 0.208. The third-order valence-electron chi connectivity index (χ3n) is 1.77. The number of aromatic nitrogens is 2. The van der Waals surface area contributed by atoms with Crippen molar-refractivity contribution in [3.05, 3.63) is 17.5 Å². The molecule has 14 heavy (non-hydrogen) atoms. The Kier molecular flexibility index (Phi) is 3.15. The van der Waals surface area contributed by atoms with Gasteiger partial charge in [0.1, 0.15) is 5.69 Å². The van der Waals surface area contributed by atoms with Crippen LogP contribution in [-0.4, -0.2) is 16.3 Å². The number of halogens is 3. The van der Waals surface area contributed by atoms with E-state index in [1.165, 1.54) is 6.92 Å². The topological polar surface area (TPSA) is 43.8 Å². The zero-order valence-corrected chi connectivity index (χ0v) is 7.80. The predicted octanol–water partition coefficient (Wildman–Crippen LogP) is 1.56. The number of aryl methyl sites for hydroxylation is 2. The minimum Gasteiger partial charge on any atom is -0.330 e. The quantitative estimate of drug-likeness (QED) is 0.817. The average Bonchev–Trinajstić information content (AvgIpc) is 2.42. The number of hydrogen-bond acceptors (Lipinski definition) is 2. The highest BCUT2D eigenvalue weighted by Gasteiger charge is 2.35. The second-order valence-electron chi connectivity index (χ2n) is 3.03. The Labute approximate surface area is 79.7 Å². The lowest BCUT2D eigenvalue weighted by molar-refractivity contribution is -0.144. The first-order valence-corrected chi connectivity index (χ1v) is 4.27. The molecule has 2 N–H and O–H groups in total. The summed E-state index contributed by atoms with van der Waals surface area (Å²) < 4.78 is 38.2. The first kappa shape index (κ1) is 11.0. The third-order valence-corrected chi connectivity index (χ3v) is 1.77. The fraction of sp³-hybridized carbons (Fsp3) is 0.625. The largest absolute Gasteiger partial charge is 0.433 e. The van der Waals surface area contributed by atoms with Gasteiger partial charge in [0.2, 0.25) is 0 Å². The van der Waals surface area contributed by atoms with Crippen LogP contribution in [0, 0.1) is 6.92 Å². The molecule has 1 heterocycles. The highest BCUT2D eigenvalue weighted by molar-refractivity contribution is 5.12. The van der Waals surface area contributed by atoms with Gasteiger partial charge in [-0.15, -0.1) is 0 Å². The number of nitrogens with zero attached hydrogens (tertiary/aromatic N) is 2. The Hall–Kier alpha value is -1.04. The molecule has 0 aliphatic heterocycles. The Balaban J connectivity index is 2.91. The van der Waals surface area contributed by atoms with Crippen molar-refractivity contribution < 1.29 is 13.2 Å². The van der Waals surface area contributed by atoms with Gasteiger partial charge in [0, 0.05) is 6.54 Å². The molecule has 0 radical (unpaired) electrons. The van der Waals surface area contributed by atoms with E-state index in [4.69, 9.17) is 5.73 Å². The molecule has 0 aromatic carbocycles. The van der Waals surface area contributed by atoms with Crippen molar-refractivity contribution in [2.24, 2.45) is 5.73 Å². The summed E-state index contributed by atoms with van der Waals surface area (Å²) >= 11 is 0. The van der Waals surface area contributed by atoms with E-state index in [1.807, 2.05) is 0 Å². The van der Waals surface area contributed by atoms with E-state index in [2.05, 4.69) is 5.10 Å². The van der Waals surface area contributed by atoms with Crippen molar-refractivity contribution in [3.63, 3.8) is 0 Å². The fourth-order valence-corrected chi connectivity index (χ4v) is 1.19. The standard InChI is InChI=1S/C8H12F3N3/c1-6-5-7(8(9,10)11)14(13-6)4-2-3-12/h5H,2-4,12H2,1H3. The minimum atomic E-state index is -4.34. The van der Waals surface area contributed by atoms with Gasteiger partial charge in [-0.3, -0.25) is 4.68 Å². The second-order valence-corrected chi connectivity index (χ2v) is 3.03. The van der Waals surface area contributed by atoms with Crippen LogP contribution in [0.3, 0.4) is 0 Å². The average molecular weight is 207 g/mol. The summed E-state index contributed by atoms with van der Waals surface area (Å²) in [5.74, 6) is 0. The molecule has 0 amide bonds. The maximum atomic E-state index is 12.4. The molecule has 0 spiro atoms. The van der Waals surface area contributed by atoms with Crippen LogP contribution in [0.1, 0.15) is 17.8 Å². The van der Waals surface area contributed by atoms with Gasteiger partial charge in [0.25, 0.3) is 0 Å². The zero-order chi connectivity index (χ0) is 10.8. The van der Waals surface area contributed by atoms with Crippen LogP contribution in [0.5, 0.6) is 0 Å². The van der Waals surface area contributed by atoms with Gasteiger partial charge in [-0.1, -0.05) is 0 Å². The fourth-order valence-electron chi connectivity index (χ4n) is 1.19. The zero-order valence-electron chi connectivity index (χ0n) is 7.80. The molecule has 0 bridgehead atoms. The third kappa shape index (κ3) is 2.47. The van der Waals surface area contributed by atoms with Crippen LogP contribution < -0.4 is 5.73 Å². The van der Waals surface area contributed by atoms with Gasteiger partial charge < -0.3 is 5.73 Å². The maximum absolute atomic E-state index is 12.4. The van der Waals surface area contributed by atoms with Gasteiger partial charge in [-0.05, 0) is 26.0 Å². The highest BCUT2D eigenvalue weighted by atomic mass is 19.4. The van der Waals surface area contributed by atoms with Crippen LogP contribution in [0.15, 0.2) is 6.07 Å². The SMILES string of the molecule is Cc1cc(C(F)(F)F)n(CCCN)n1. The molecule has 1 rings (SSSR count). The van der Waals surface area contributed by atoms with E-state index in [-0.39, 0.29) is 6.54 Å². The Bertz CT molecular complexity index is 303. The molecular formula is C8H12F3N3. The Morgan fingerprint density at radius 3 is 2.64 bits per heavy atom. The van der Waals surface area contributed by atoms with Gasteiger partial charge >= 0.3 is 6.18 Å². The molecular weight excluding hydrogens is 195 g/mol. The summed E-state index contributed by atoms with van der Waals surface area (Å²) in [6, 6.07) is 1.04. The predicted molar refractivity (Wildman–Crippen MR) is 45.6 cm³/mol. The highest BCUT2D eigenvalue weighted by Crippen LogP contribution is 2.29. The van der Waals surface area contributed by atoms with Crippen molar-refractivity contribution >= 4 is 0 Å². The number of hydrogen-bond donors (Lipinski definition) is 1. The molecule has 6 heteroatoms. The normalized spacial score (nSPS) is 12.1. The monoisotopic (exact) mass is 207 g/mol. The Morgan fingerprint density at radius 2 is 2.14 bits per heavy atom. The second kappa shape index (κ2) is 4.00. The van der Waals surface area contributed by atoms with E-state index >= 15 is 0 Å². The van der Waals surface area contributed by atoms with Crippen molar-refractivity contribution in [1.82, 2.24) is 9.78 Å². The smallest absolute Gasteiger partial charge is 0.330 e. The lowest BCUT2D eigenvalue weighted by atomic mass is 10.3. The molecule has 0 fully saturated rings. The van der Waals surface area contributed by atoms with Crippen LogP contribution in [0.25, 0.3) is 0 Å².